The van der Waals surface area contributed by atoms with Crippen molar-refractivity contribution in [2.45, 2.75) is 52.1 Å². The maximum Gasteiger partial charge on any atom is 0.374 e. The van der Waals surface area contributed by atoms with Crippen molar-refractivity contribution in [3.63, 3.8) is 0 Å². The molecule has 0 unspecified atom stereocenters. The van der Waals surface area contributed by atoms with Crippen LogP contribution in [0.3, 0.4) is 0 Å². The van der Waals surface area contributed by atoms with Gasteiger partial charge in [0.25, 0.3) is 0 Å². The molecule has 166 valence electrons. The van der Waals surface area contributed by atoms with Crippen LogP contribution in [0, 0.1) is 22.7 Å². The Labute approximate surface area is 182 Å². The Morgan fingerprint density at radius 3 is 2.87 bits per heavy atom. The predicted octanol–water partition coefficient (Wildman–Crippen LogP) is 4.57. The van der Waals surface area contributed by atoms with Crippen LogP contribution in [0.2, 0.25) is 0 Å². The second-order valence-electron chi connectivity index (χ2n) is 9.52. The number of hydrogen-bond acceptors (Lipinski definition) is 6. The number of fused-ring (bicyclic) bond motifs is 1. The molecule has 2 saturated carbocycles. The van der Waals surface area contributed by atoms with Gasteiger partial charge in [-0.2, -0.15) is 0 Å². The molecule has 1 N–H and O–H groups in total. The number of carbonyl (C=O) groups is 2. The number of carbonyl (C=O) groups excluding carboxylic acids is 2. The zero-order valence-electron chi connectivity index (χ0n) is 18.1. The largest absolute Gasteiger partial charge is 0.459 e. The predicted molar refractivity (Wildman–Crippen MR) is 114 cm³/mol. The smallest absolute Gasteiger partial charge is 0.374 e. The molecule has 6 heteroatoms. The molecule has 31 heavy (non-hydrogen) atoms. The van der Waals surface area contributed by atoms with Gasteiger partial charge in [0.1, 0.15) is 0 Å². The van der Waals surface area contributed by atoms with Crippen molar-refractivity contribution < 1.29 is 28.6 Å². The summed E-state index contributed by atoms with van der Waals surface area (Å²) in [5.74, 6) is -0.355. The quantitative estimate of drug-likeness (QED) is 0.422. The van der Waals surface area contributed by atoms with Gasteiger partial charge in [0, 0.05) is 5.41 Å². The van der Waals surface area contributed by atoms with Gasteiger partial charge in [-0.05, 0) is 67.6 Å². The first-order valence-electron chi connectivity index (χ1n) is 10.9. The number of allylic oxidation sites excluding steroid dienone is 2. The Kier molecular flexibility index (Phi) is 5.69. The van der Waals surface area contributed by atoms with E-state index in [9.17, 15) is 14.7 Å². The fourth-order valence-electron chi connectivity index (χ4n) is 6.00. The van der Waals surface area contributed by atoms with Crippen LogP contribution >= 0.6 is 0 Å². The average molecular weight is 427 g/mol. The van der Waals surface area contributed by atoms with Crippen molar-refractivity contribution in [3.05, 3.63) is 60.3 Å². The lowest BCUT2D eigenvalue weighted by Gasteiger charge is -2.60. The van der Waals surface area contributed by atoms with Crippen LogP contribution < -0.4 is 0 Å². The molecule has 0 aromatic carbocycles. The van der Waals surface area contributed by atoms with Gasteiger partial charge in [-0.25, -0.2) is 9.59 Å². The Bertz CT molecular complexity index is 926. The highest BCUT2D eigenvalue weighted by Gasteiger charge is 2.58. The average Bonchev–Trinajstić information content (AvgIpc) is 3.41. The first-order valence-corrected chi connectivity index (χ1v) is 10.9. The van der Waals surface area contributed by atoms with E-state index in [0.717, 1.165) is 19.3 Å². The number of furan rings is 1. The summed E-state index contributed by atoms with van der Waals surface area (Å²) in [6.45, 7) is 8.76. The molecular weight excluding hydrogens is 396 g/mol. The number of aliphatic hydroxyl groups excluding tert-OH is 1. The minimum Gasteiger partial charge on any atom is -0.459 e. The monoisotopic (exact) mass is 426 g/mol. The first-order chi connectivity index (χ1) is 14.8. The summed E-state index contributed by atoms with van der Waals surface area (Å²) in [7, 11) is 0. The standard InChI is InChI=1S/C25H30O6/c1-16-6-9-20-24(2,18(16)8-7-17-11-14-30-22(17)27)12-10-21(26)25(20,3)15-31-23(28)19-5-4-13-29-19/h4-5,7,11,13-14,18,20-21,26H,1,6,8-10,12,15H2,2-3H3/b17-7+/t18-,20+,21-,24+,25+/m1/s1. The van der Waals surface area contributed by atoms with E-state index in [0.29, 0.717) is 18.4 Å². The maximum absolute atomic E-state index is 12.4. The van der Waals surface area contributed by atoms with Gasteiger partial charge >= 0.3 is 11.9 Å². The van der Waals surface area contributed by atoms with Gasteiger partial charge in [0.2, 0.25) is 5.76 Å². The van der Waals surface area contributed by atoms with Gasteiger partial charge in [0.05, 0.1) is 30.8 Å². The number of aliphatic hydroxyl groups is 1. The number of rotatable bonds is 5. The lowest BCUT2D eigenvalue weighted by atomic mass is 9.46. The molecule has 6 nitrogen and oxygen atoms in total. The van der Waals surface area contributed by atoms with Crippen molar-refractivity contribution in [1.82, 2.24) is 0 Å². The van der Waals surface area contributed by atoms with E-state index in [2.05, 4.69) is 13.5 Å². The van der Waals surface area contributed by atoms with Crippen molar-refractivity contribution in [3.8, 4) is 0 Å². The van der Waals surface area contributed by atoms with Crippen LogP contribution in [0.5, 0.6) is 0 Å². The molecule has 0 amide bonds. The van der Waals surface area contributed by atoms with Crippen LogP contribution in [0.25, 0.3) is 0 Å². The highest BCUT2D eigenvalue weighted by atomic mass is 16.5. The van der Waals surface area contributed by atoms with Gasteiger partial charge in [-0.15, -0.1) is 0 Å². The summed E-state index contributed by atoms with van der Waals surface area (Å²) < 4.78 is 15.7. The molecule has 0 saturated heterocycles. The second-order valence-corrected chi connectivity index (χ2v) is 9.52. The second kappa shape index (κ2) is 8.15. The minimum atomic E-state index is -0.576. The third-order valence-corrected chi connectivity index (χ3v) is 7.82. The Morgan fingerprint density at radius 2 is 2.19 bits per heavy atom. The summed E-state index contributed by atoms with van der Waals surface area (Å²) in [6.07, 6.45) is 9.83. The molecule has 2 heterocycles. The fourth-order valence-corrected chi connectivity index (χ4v) is 6.00. The van der Waals surface area contributed by atoms with Crippen molar-refractivity contribution in [1.29, 1.82) is 0 Å². The zero-order valence-corrected chi connectivity index (χ0v) is 18.1. The van der Waals surface area contributed by atoms with Crippen LogP contribution in [-0.4, -0.2) is 29.8 Å². The maximum atomic E-state index is 12.4. The Hall–Kier alpha value is -2.60. The third kappa shape index (κ3) is 3.78. The molecule has 5 atom stereocenters. The molecule has 2 aliphatic carbocycles. The number of hydrogen-bond donors (Lipinski definition) is 1. The van der Waals surface area contributed by atoms with Gasteiger partial charge in [-0.3, -0.25) is 0 Å². The van der Waals surface area contributed by atoms with Gasteiger partial charge in [0.15, 0.2) is 0 Å². The molecule has 4 rings (SSSR count). The number of esters is 2. The zero-order chi connectivity index (χ0) is 22.2. The van der Waals surface area contributed by atoms with Gasteiger partial charge < -0.3 is 19.0 Å². The lowest BCUT2D eigenvalue weighted by molar-refractivity contribution is -0.152. The first kappa shape index (κ1) is 21.6. The summed E-state index contributed by atoms with van der Waals surface area (Å²) in [6, 6.07) is 3.22. The lowest BCUT2D eigenvalue weighted by Crippen LogP contribution is -2.57. The van der Waals surface area contributed by atoms with Gasteiger partial charge in [-0.1, -0.05) is 32.1 Å². The molecule has 0 radical (unpaired) electrons. The molecule has 0 bridgehead atoms. The van der Waals surface area contributed by atoms with E-state index in [4.69, 9.17) is 13.9 Å². The Morgan fingerprint density at radius 1 is 1.39 bits per heavy atom. The third-order valence-electron chi connectivity index (χ3n) is 7.82. The van der Waals surface area contributed by atoms with E-state index in [-0.39, 0.29) is 35.6 Å². The van der Waals surface area contributed by atoms with Crippen LogP contribution in [0.4, 0.5) is 0 Å². The molecule has 1 aromatic rings. The molecule has 1 aromatic heterocycles. The highest BCUT2D eigenvalue weighted by molar-refractivity contribution is 5.94. The Balaban J connectivity index is 1.56. The van der Waals surface area contributed by atoms with E-state index in [1.165, 1.54) is 18.1 Å². The normalized spacial score (nSPS) is 36.4. The van der Waals surface area contributed by atoms with E-state index >= 15 is 0 Å². The molecular formula is C25H30O6. The van der Waals surface area contributed by atoms with E-state index in [1.807, 2.05) is 13.0 Å². The summed E-state index contributed by atoms with van der Waals surface area (Å²) in [5, 5.41) is 11.0. The SMILES string of the molecule is C=C1CC[C@@H]2[C@](C)(COC(=O)c3ccco3)[C@H](O)CC[C@@]2(C)[C@@H]1C/C=C1\C=COC1=O. The molecule has 3 aliphatic rings. The summed E-state index contributed by atoms with van der Waals surface area (Å²) in [4.78, 5) is 24.2. The number of cyclic esters (lactones) is 1. The summed E-state index contributed by atoms with van der Waals surface area (Å²) in [5.41, 5.74) is 1.05. The molecule has 1 aliphatic heterocycles. The molecule has 0 spiro atoms. The number of ether oxygens (including phenoxy) is 2. The van der Waals surface area contributed by atoms with Crippen molar-refractivity contribution in [2.24, 2.45) is 22.7 Å². The molecule has 2 fully saturated rings. The van der Waals surface area contributed by atoms with Crippen molar-refractivity contribution >= 4 is 11.9 Å². The topological polar surface area (TPSA) is 86.0 Å². The summed E-state index contributed by atoms with van der Waals surface area (Å²) >= 11 is 0. The minimum absolute atomic E-state index is 0.121. The van der Waals surface area contributed by atoms with Crippen LogP contribution in [-0.2, 0) is 14.3 Å². The van der Waals surface area contributed by atoms with Crippen LogP contribution in [0.1, 0.15) is 56.5 Å². The van der Waals surface area contributed by atoms with Crippen LogP contribution in [0.15, 0.2) is 59.0 Å². The van der Waals surface area contributed by atoms with E-state index < -0.39 is 17.5 Å². The van der Waals surface area contributed by atoms with Crippen molar-refractivity contribution in [2.75, 3.05) is 6.61 Å². The van der Waals surface area contributed by atoms with E-state index in [1.54, 1.807) is 18.2 Å². The highest BCUT2D eigenvalue weighted by Crippen LogP contribution is 2.62. The fraction of sp³-hybridized carbons (Fsp3) is 0.520.